The number of nitrogens with two attached hydrogens (primary N) is 1. The SMILES string of the molecule is Nc1c(CC(=O)O)ccc(-c2nc3c(Cl)cccc3s2)c1Cl. The second-order valence-electron chi connectivity index (χ2n) is 4.68. The van der Waals surface area contributed by atoms with Crippen LogP contribution in [-0.2, 0) is 11.2 Å². The van der Waals surface area contributed by atoms with Gasteiger partial charge in [-0.15, -0.1) is 11.3 Å². The summed E-state index contributed by atoms with van der Waals surface area (Å²) in [5, 5.41) is 10.5. The number of carboxylic acids is 1. The van der Waals surface area contributed by atoms with Gasteiger partial charge in [0.25, 0.3) is 0 Å². The third kappa shape index (κ3) is 2.63. The monoisotopic (exact) mass is 352 g/mol. The minimum atomic E-state index is -0.956. The first-order chi connectivity index (χ1) is 10.5. The molecule has 0 saturated carbocycles. The summed E-state index contributed by atoms with van der Waals surface area (Å²) in [6.45, 7) is 0. The number of para-hydroxylation sites is 1. The van der Waals surface area contributed by atoms with E-state index in [-0.39, 0.29) is 12.1 Å². The van der Waals surface area contributed by atoms with Crippen LogP contribution in [0.2, 0.25) is 10.0 Å². The maximum Gasteiger partial charge on any atom is 0.307 e. The van der Waals surface area contributed by atoms with Crippen molar-refractivity contribution in [2.24, 2.45) is 0 Å². The molecule has 0 aliphatic heterocycles. The molecule has 7 heteroatoms. The van der Waals surface area contributed by atoms with Gasteiger partial charge in [-0.1, -0.05) is 41.4 Å². The second kappa shape index (κ2) is 5.76. The van der Waals surface area contributed by atoms with Crippen molar-refractivity contribution in [1.82, 2.24) is 4.98 Å². The van der Waals surface area contributed by atoms with Crippen LogP contribution < -0.4 is 5.73 Å². The Balaban J connectivity index is 2.12. The fourth-order valence-corrected chi connectivity index (χ4v) is 3.77. The number of hydrogen-bond donors (Lipinski definition) is 2. The largest absolute Gasteiger partial charge is 0.481 e. The summed E-state index contributed by atoms with van der Waals surface area (Å²) >= 11 is 13.9. The van der Waals surface area contributed by atoms with Crippen molar-refractivity contribution in [2.75, 3.05) is 5.73 Å². The van der Waals surface area contributed by atoms with E-state index in [2.05, 4.69) is 4.98 Å². The van der Waals surface area contributed by atoms with E-state index in [1.807, 2.05) is 12.1 Å². The minimum Gasteiger partial charge on any atom is -0.481 e. The summed E-state index contributed by atoms with van der Waals surface area (Å²) in [7, 11) is 0. The number of rotatable bonds is 3. The van der Waals surface area contributed by atoms with Gasteiger partial charge in [-0.05, 0) is 17.7 Å². The van der Waals surface area contributed by atoms with Gasteiger partial charge in [-0.25, -0.2) is 4.98 Å². The molecule has 0 atom stereocenters. The summed E-state index contributed by atoms with van der Waals surface area (Å²) < 4.78 is 0.951. The van der Waals surface area contributed by atoms with Crippen molar-refractivity contribution in [3.05, 3.63) is 45.9 Å². The highest BCUT2D eigenvalue weighted by Gasteiger charge is 2.16. The van der Waals surface area contributed by atoms with E-state index in [0.29, 0.717) is 31.7 Å². The Morgan fingerprint density at radius 1 is 1.27 bits per heavy atom. The zero-order valence-corrected chi connectivity index (χ0v) is 13.5. The standard InChI is InChI=1S/C15H10Cl2N2O2S/c16-9-2-1-3-10-14(9)19-15(22-10)8-5-4-7(6-11(20)21)13(18)12(8)17/h1-5H,6,18H2,(H,20,21). The molecular formula is C15H10Cl2N2O2S. The number of halogens is 2. The van der Waals surface area contributed by atoms with Crippen molar-refractivity contribution in [2.45, 2.75) is 6.42 Å². The molecule has 3 N–H and O–H groups in total. The molecule has 3 aromatic rings. The summed E-state index contributed by atoms with van der Waals surface area (Å²) in [5.41, 5.74) is 8.09. The van der Waals surface area contributed by atoms with Gasteiger partial charge in [-0.3, -0.25) is 4.79 Å². The summed E-state index contributed by atoms with van der Waals surface area (Å²) in [6, 6.07) is 8.97. The predicted octanol–water partition coefficient (Wildman–Crippen LogP) is 4.48. The molecule has 4 nitrogen and oxygen atoms in total. The number of thiazole rings is 1. The molecule has 0 amide bonds. The molecule has 1 heterocycles. The highest BCUT2D eigenvalue weighted by Crippen LogP contribution is 2.39. The molecule has 0 aliphatic rings. The lowest BCUT2D eigenvalue weighted by molar-refractivity contribution is -0.136. The number of fused-ring (bicyclic) bond motifs is 1. The third-order valence-electron chi connectivity index (χ3n) is 3.21. The third-order valence-corrected chi connectivity index (χ3v) is 4.98. The molecular weight excluding hydrogens is 343 g/mol. The Hall–Kier alpha value is -1.82. The zero-order chi connectivity index (χ0) is 15.9. The van der Waals surface area contributed by atoms with E-state index >= 15 is 0 Å². The average molecular weight is 353 g/mol. The van der Waals surface area contributed by atoms with Gasteiger partial charge < -0.3 is 10.8 Å². The van der Waals surface area contributed by atoms with Crippen molar-refractivity contribution in [3.8, 4) is 10.6 Å². The van der Waals surface area contributed by atoms with Crippen molar-refractivity contribution >= 4 is 56.4 Å². The zero-order valence-electron chi connectivity index (χ0n) is 11.1. The van der Waals surface area contributed by atoms with Crippen LogP contribution in [0.15, 0.2) is 30.3 Å². The van der Waals surface area contributed by atoms with Crippen molar-refractivity contribution in [1.29, 1.82) is 0 Å². The predicted molar refractivity (Wildman–Crippen MR) is 90.8 cm³/mol. The quantitative estimate of drug-likeness (QED) is 0.681. The fraction of sp³-hybridized carbons (Fsp3) is 0.0667. The van der Waals surface area contributed by atoms with E-state index in [9.17, 15) is 4.79 Å². The minimum absolute atomic E-state index is 0.169. The Bertz CT molecular complexity index is 893. The highest BCUT2D eigenvalue weighted by atomic mass is 35.5. The van der Waals surface area contributed by atoms with Crippen LogP contribution in [0.3, 0.4) is 0 Å². The first-order valence-corrected chi connectivity index (χ1v) is 7.88. The second-order valence-corrected chi connectivity index (χ2v) is 6.49. The lowest BCUT2D eigenvalue weighted by atomic mass is 10.1. The molecule has 2 aromatic carbocycles. The van der Waals surface area contributed by atoms with Gasteiger partial charge in [-0.2, -0.15) is 0 Å². The van der Waals surface area contributed by atoms with E-state index in [1.54, 1.807) is 18.2 Å². The number of aromatic nitrogens is 1. The van der Waals surface area contributed by atoms with Crippen LogP contribution in [0.25, 0.3) is 20.8 Å². The number of carbonyl (C=O) groups is 1. The summed E-state index contributed by atoms with van der Waals surface area (Å²) in [6.07, 6.45) is -0.169. The first-order valence-electron chi connectivity index (χ1n) is 6.31. The van der Waals surface area contributed by atoms with E-state index in [0.717, 1.165) is 4.70 Å². The number of nitrogens with zero attached hydrogens (tertiary/aromatic N) is 1. The lowest BCUT2D eigenvalue weighted by Gasteiger charge is -2.08. The van der Waals surface area contributed by atoms with E-state index in [1.165, 1.54) is 11.3 Å². The number of nitrogen functional groups attached to an aromatic ring is 1. The number of carboxylic acid groups (broad SMARTS) is 1. The van der Waals surface area contributed by atoms with Crippen LogP contribution >= 0.6 is 34.5 Å². The number of anilines is 1. The number of benzene rings is 2. The van der Waals surface area contributed by atoms with Crippen molar-refractivity contribution < 1.29 is 9.90 Å². The fourth-order valence-electron chi connectivity index (χ4n) is 2.15. The smallest absolute Gasteiger partial charge is 0.307 e. The van der Waals surface area contributed by atoms with Crippen LogP contribution in [0.4, 0.5) is 5.69 Å². The maximum absolute atomic E-state index is 10.8. The molecule has 0 aliphatic carbocycles. The molecule has 3 rings (SSSR count). The molecule has 112 valence electrons. The van der Waals surface area contributed by atoms with Gasteiger partial charge in [0.2, 0.25) is 0 Å². The first kappa shape index (κ1) is 15.1. The van der Waals surface area contributed by atoms with Gasteiger partial charge in [0.05, 0.1) is 26.9 Å². The summed E-state index contributed by atoms with van der Waals surface area (Å²) in [4.78, 5) is 15.3. The van der Waals surface area contributed by atoms with Crippen LogP contribution in [0, 0.1) is 0 Å². The van der Waals surface area contributed by atoms with Crippen LogP contribution in [-0.4, -0.2) is 16.1 Å². The van der Waals surface area contributed by atoms with Gasteiger partial charge in [0.15, 0.2) is 0 Å². The van der Waals surface area contributed by atoms with E-state index < -0.39 is 5.97 Å². The number of aliphatic carboxylic acids is 1. The van der Waals surface area contributed by atoms with E-state index in [4.69, 9.17) is 34.0 Å². The molecule has 0 fully saturated rings. The van der Waals surface area contributed by atoms with Crippen LogP contribution in [0.5, 0.6) is 0 Å². The normalized spacial score (nSPS) is 11.0. The Labute approximate surface area is 140 Å². The van der Waals surface area contributed by atoms with Crippen LogP contribution in [0.1, 0.15) is 5.56 Å². The Morgan fingerprint density at radius 2 is 2.05 bits per heavy atom. The average Bonchev–Trinajstić information content (AvgIpc) is 2.89. The lowest BCUT2D eigenvalue weighted by Crippen LogP contribution is -2.04. The highest BCUT2D eigenvalue weighted by molar-refractivity contribution is 7.21. The summed E-state index contributed by atoms with van der Waals surface area (Å²) in [5.74, 6) is -0.956. The van der Waals surface area contributed by atoms with Gasteiger partial charge in [0.1, 0.15) is 10.5 Å². The molecule has 1 aromatic heterocycles. The van der Waals surface area contributed by atoms with Gasteiger partial charge in [0, 0.05) is 5.56 Å². The maximum atomic E-state index is 10.8. The van der Waals surface area contributed by atoms with Gasteiger partial charge >= 0.3 is 5.97 Å². The Kier molecular flexibility index (Phi) is 3.95. The molecule has 0 saturated heterocycles. The van der Waals surface area contributed by atoms with Crippen molar-refractivity contribution in [3.63, 3.8) is 0 Å². The molecule has 0 spiro atoms. The molecule has 22 heavy (non-hydrogen) atoms. The molecule has 0 bridgehead atoms. The molecule has 0 radical (unpaired) electrons. The number of hydrogen-bond acceptors (Lipinski definition) is 4. The Morgan fingerprint density at radius 3 is 2.73 bits per heavy atom. The molecule has 0 unspecified atom stereocenters. The topological polar surface area (TPSA) is 76.2 Å².